The van der Waals surface area contributed by atoms with Crippen LogP contribution < -0.4 is 0 Å². The van der Waals surface area contributed by atoms with Crippen molar-refractivity contribution in [3.8, 4) is 73.2 Å². The van der Waals surface area contributed by atoms with Gasteiger partial charge in [-0.25, -0.2) is 15.0 Å². The highest BCUT2D eigenvalue weighted by Gasteiger charge is 2.35. The van der Waals surface area contributed by atoms with E-state index >= 15 is 0 Å². The zero-order valence-electron chi connectivity index (χ0n) is 32.3. The first-order valence-corrected chi connectivity index (χ1v) is 19.9. The van der Waals surface area contributed by atoms with Crippen molar-refractivity contribution in [3.63, 3.8) is 0 Å². The Kier molecular flexibility index (Phi) is 7.80. The largest absolute Gasteiger partial charge is 0.309 e. The highest BCUT2D eigenvalue weighted by atomic mass is 15.0. The topological polar surface area (TPSA) is 43.6 Å². The summed E-state index contributed by atoms with van der Waals surface area (Å²) in [7, 11) is 0. The van der Waals surface area contributed by atoms with Crippen LogP contribution >= 0.6 is 0 Å². The van der Waals surface area contributed by atoms with Crippen molar-refractivity contribution in [1.29, 1.82) is 0 Å². The Balaban J connectivity index is 1.04. The second-order valence-electron chi connectivity index (χ2n) is 15.7. The Hall–Kier alpha value is -7.43. The molecule has 0 saturated heterocycles. The predicted octanol–water partition coefficient (Wildman–Crippen LogP) is 13.6. The van der Waals surface area contributed by atoms with Gasteiger partial charge in [-0.15, -0.1) is 0 Å². The average Bonchev–Trinajstić information content (AvgIpc) is 3.75. The number of nitrogens with zero attached hydrogens (tertiary/aromatic N) is 4. The minimum absolute atomic E-state index is 0.0578. The Morgan fingerprint density at radius 3 is 1.53 bits per heavy atom. The van der Waals surface area contributed by atoms with Crippen LogP contribution in [0.4, 0.5) is 0 Å². The maximum Gasteiger partial charge on any atom is 0.164 e. The summed E-state index contributed by atoms with van der Waals surface area (Å²) >= 11 is 0. The van der Waals surface area contributed by atoms with Crippen LogP contribution in [0.5, 0.6) is 0 Å². The molecule has 0 amide bonds. The van der Waals surface area contributed by atoms with Gasteiger partial charge in [0.25, 0.3) is 0 Å². The number of fused-ring (bicyclic) bond motifs is 6. The molecule has 1 aliphatic rings. The molecule has 0 radical (unpaired) electrons. The van der Waals surface area contributed by atoms with E-state index in [4.69, 9.17) is 15.0 Å². The van der Waals surface area contributed by atoms with Crippen LogP contribution in [0.25, 0.3) is 95.0 Å². The van der Waals surface area contributed by atoms with Crippen LogP contribution in [0.1, 0.15) is 25.0 Å². The van der Waals surface area contributed by atoms with Crippen LogP contribution in [0, 0.1) is 0 Å². The fourth-order valence-corrected chi connectivity index (χ4v) is 8.95. The average molecular weight is 743 g/mol. The van der Waals surface area contributed by atoms with E-state index in [2.05, 4.69) is 152 Å². The van der Waals surface area contributed by atoms with Crippen molar-refractivity contribution < 1.29 is 0 Å². The molecule has 1 aliphatic carbocycles. The summed E-state index contributed by atoms with van der Waals surface area (Å²) in [5, 5.41) is 2.44. The Morgan fingerprint density at radius 1 is 0.362 bits per heavy atom. The van der Waals surface area contributed by atoms with E-state index in [1.165, 1.54) is 55.2 Å². The minimum atomic E-state index is -0.0578. The number of hydrogen-bond acceptors (Lipinski definition) is 3. The summed E-state index contributed by atoms with van der Waals surface area (Å²) in [4.78, 5) is 14.8. The van der Waals surface area contributed by atoms with Gasteiger partial charge in [0, 0.05) is 44.1 Å². The molecule has 4 nitrogen and oxygen atoms in total. The third-order valence-corrected chi connectivity index (χ3v) is 11.9. The molecular formula is C54H38N4. The molecule has 8 aromatic carbocycles. The molecule has 11 rings (SSSR count). The second-order valence-corrected chi connectivity index (χ2v) is 15.7. The summed E-state index contributed by atoms with van der Waals surface area (Å²) in [6, 6.07) is 69.1. The van der Waals surface area contributed by atoms with E-state index in [1.807, 2.05) is 60.7 Å². The highest BCUT2D eigenvalue weighted by molar-refractivity contribution is 6.14. The Bertz CT molecular complexity index is 3110. The van der Waals surface area contributed by atoms with Gasteiger partial charge in [0.2, 0.25) is 0 Å². The first-order chi connectivity index (χ1) is 28.5. The van der Waals surface area contributed by atoms with E-state index in [0.29, 0.717) is 17.5 Å². The zero-order chi connectivity index (χ0) is 38.8. The lowest BCUT2D eigenvalue weighted by atomic mass is 9.81. The van der Waals surface area contributed by atoms with Gasteiger partial charge in [-0.2, -0.15) is 0 Å². The molecule has 0 unspecified atom stereocenters. The Morgan fingerprint density at radius 2 is 0.862 bits per heavy atom. The lowest BCUT2D eigenvalue weighted by molar-refractivity contribution is 0.660. The van der Waals surface area contributed by atoms with Crippen molar-refractivity contribution >= 4 is 21.8 Å². The monoisotopic (exact) mass is 742 g/mol. The molecule has 2 heterocycles. The summed E-state index contributed by atoms with van der Waals surface area (Å²) in [5.74, 6) is 1.94. The number of aromatic nitrogens is 4. The van der Waals surface area contributed by atoms with Gasteiger partial charge in [-0.05, 0) is 69.3 Å². The van der Waals surface area contributed by atoms with Crippen molar-refractivity contribution in [3.05, 3.63) is 205 Å². The lowest BCUT2D eigenvalue weighted by Crippen LogP contribution is -2.14. The molecule has 0 bridgehead atoms. The molecule has 58 heavy (non-hydrogen) atoms. The first-order valence-electron chi connectivity index (χ1n) is 19.9. The number of rotatable bonds is 6. The molecule has 0 N–H and O–H groups in total. The molecule has 0 spiro atoms. The van der Waals surface area contributed by atoms with Gasteiger partial charge in [0.1, 0.15) is 0 Å². The van der Waals surface area contributed by atoms with Crippen LogP contribution in [-0.2, 0) is 5.41 Å². The van der Waals surface area contributed by atoms with E-state index in [0.717, 1.165) is 33.5 Å². The molecule has 0 aliphatic heterocycles. The molecule has 0 atom stereocenters. The first kappa shape index (κ1) is 33.9. The Labute approximate surface area is 337 Å². The van der Waals surface area contributed by atoms with Crippen LogP contribution in [0.15, 0.2) is 194 Å². The lowest BCUT2D eigenvalue weighted by Gasteiger charge is -2.22. The van der Waals surface area contributed by atoms with Crippen molar-refractivity contribution in [2.24, 2.45) is 0 Å². The standard InChI is InChI=1S/C54H38N4/c1-54(2)47-24-13-12-21-43(47)44-31-29-40(34-48(44)54)39-30-32-49-46(33-39)45-23-14-22-42(50(45)58(49)41-19-10-5-11-20-41)35-25-27-38(28-26-35)53-56-51(36-15-6-3-7-16-36)55-52(57-53)37-17-8-4-9-18-37/h3-34H,1-2H3. The summed E-state index contributed by atoms with van der Waals surface area (Å²) in [6.45, 7) is 4.69. The third-order valence-electron chi connectivity index (χ3n) is 11.9. The fraction of sp³-hybridized carbons (Fsp3) is 0.0556. The summed E-state index contributed by atoms with van der Waals surface area (Å²) in [6.07, 6.45) is 0. The molecule has 4 heteroatoms. The smallest absolute Gasteiger partial charge is 0.164 e. The number of para-hydroxylation sites is 2. The maximum absolute atomic E-state index is 4.98. The summed E-state index contributed by atoms with van der Waals surface area (Å²) < 4.78 is 2.42. The van der Waals surface area contributed by atoms with E-state index < -0.39 is 0 Å². The zero-order valence-corrected chi connectivity index (χ0v) is 32.3. The van der Waals surface area contributed by atoms with Gasteiger partial charge in [-0.3, -0.25) is 0 Å². The molecule has 0 fully saturated rings. The van der Waals surface area contributed by atoms with E-state index in [-0.39, 0.29) is 5.41 Å². The molecule has 274 valence electrons. The van der Waals surface area contributed by atoms with E-state index in [1.54, 1.807) is 0 Å². The molecule has 0 saturated carbocycles. The quantitative estimate of drug-likeness (QED) is 0.170. The molecule has 10 aromatic rings. The normalized spacial score (nSPS) is 12.8. The third kappa shape index (κ3) is 5.48. The van der Waals surface area contributed by atoms with Gasteiger partial charge >= 0.3 is 0 Å². The van der Waals surface area contributed by atoms with Crippen molar-refractivity contribution in [1.82, 2.24) is 19.5 Å². The second kappa shape index (κ2) is 13.4. The fourth-order valence-electron chi connectivity index (χ4n) is 8.95. The molecule has 2 aromatic heterocycles. The van der Waals surface area contributed by atoms with Crippen molar-refractivity contribution in [2.45, 2.75) is 19.3 Å². The van der Waals surface area contributed by atoms with Crippen LogP contribution in [0.2, 0.25) is 0 Å². The molecular weight excluding hydrogens is 705 g/mol. The van der Waals surface area contributed by atoms with E-state index in [9.17, 15) is 0 Å². The van der Waals surface area contributed by atoms with Crippen LogP contribution in [0.3, 0.4) is 0 Å². The number of hydrogen-bond donors (Lipinski definition) is 0. The maximum atomic E-state index is 4.98. The SMILES string of the molecule is CC1(C)c2ccccc2-c2ccc(-c3ccc4c(c3)c3cccc(-c5ccc(-c6nc(-c7ccccc7)nc(-c7ccccc7)n6)cc5)c3n4-c3ccccc3)cc21. The number of benzene rings is 8. The van der Waals surface area contributed by atoms with Gasteiger partial charge in [0.05, 0.1) is 11.0 Å². The van der Waals surface area contributed by atoms with Crippen molar-refractivity contribution in [2.75, 3.05) is 0 Å². The van der Waals surface area contributed by atoms with Crippen LogP contribution in [-0.4, -0.2) is 19.5 Å². The summed E-state index contributed by atoms with van der Waals surface area (Å²) in [5.41, 5.74) is 16.5. The predicted molar refractivity (Wildman–Crippen MR) is 239 cm³/mol. The van der Waals surface area contributed by atoms with Gasteiger partial charge < -0.3 is 4.57 Å². The highest BCUT2D eigenvalue weighted by Crippen LogP contribution is 2.50. The van der Waals surface area contributed by atoms with Gasteiger partial charge in [-0.1, -0.05) is 178 Å². The minimum Gasteiger partial charge on any atom is -0.309 e. The van der Waals surface area contributed by atoms with Gasteiger partial charge in [0.15, 0.2) is 17.5 Å².